The van der Waals surface area contributed by atoms with Crippen molar-refractivity contribution in [3.8, 4) is 0 Å². The number of esters is 1. The van der Waals surface area contributed by atoms with E-state index in [0.29, 0.717) is 16.8 Å². The van der Waals surface area contributed by atoms with Gasteiger partial charge in [-0.2, -0.15) is 0 Å². The Hall–Kier alpha value is -2.17. The van der Waals surface area contributed by atoms with Crippen LogP contribution in [0.25, 0.3) is 0 Å². The van der Waals surface area contributed by atoms with Gasteiger partial charge in [-0.25, -0.2) is 9.18 Å². The quantitative estimate of drug-likeness (QED) is 0.816. The fraction of sp³-hybridized carbons (Fsp3) is 0.524. The molecule has 1 N–H and O–H groups in total. The molecular weight excluding hydrogens is 333 g/mol. The first-order chi connectivity index (χ1) is 12.6. The number of amides is 1. The van der Waals surface area contributed by atoms with E-state index in [1.165, 1.54) is 25.3 Å². The van der Waals surface area contributed by atoms with Crippen LogP contribution in [-0.2, 0) is 14.3 Å². The molecule has 140 valence electrons. The first-order valence-corrected chi connectivity index (χ1v) is 9.52. The molecule has 1 aliphatic carbocycles. The molecule has 2 aliphatic rings. The molecule has 1 aromatic rings. The lowest BCUT2D eigenvalue weighted by Crippen LogP contribution is -2.35. The number of carbonyl (C=O) groups is 2. The molecule has 1 amide bonds. The molecule has 26 heavy (non-hydrogen) atoms. The number of ether oxygens (including phenoxy) is 1. The van der Waals surface area contributed by atoms with E-state index in [2.05, 4.69) is 5.32 Å². The maximum absolute atomic E-state index is 14.3. The molecule has 1 fully saturated rings. The molecule has 1 aromatic carbocycles. The normalized spacial score (nSPS) is 22.4. The summed E-state index contributed by atoms with van der Waals surface area (Å²) >= 11 is 0. The third-order valence-electron chi connectivity index (χ3n) is 5.30. The van der Waals surface area contributed by atoms with Crippen LogP contribution in [0.5, 0.6) is 0 Å². The van der Waals surface area contributed by atoms with E-state index in [9.17, 15) is 14.0 Å². The van der Waals surface area contributed by atoms with Crippen molar-refractivity contribution >= 4 is 11.9 Å². The van der Waals surface area contributed by atoms with Crippen molar-refractivity contribution in [3.05, 3.63) is 46.9 Å². The molecule has 0 spiro atoms. The molecule has 1 saturated carbocycles. The summed E-state index contributed by atoms with van der Waals surface area (Å²) in [5, 5.41) is 2.71. The molecule has 5 heteroatoms. The first kappa shape index (κ1) is 18.6. The minimum atomic E-state index is -0.606. The van der Waals surface area contributed by atoms with Crippen LogP contribution < -0.4 is 5.32 Å². The van der Waals surface area contributed by atoms with Gasteiger partial charge in [0.2, 0.25) is 5.91 Å². The average molecular weight is 359 g/mol. The SMILES string of the molecule is CC1=C(C(=O)OC2CCCCCCC2)[C@H](c2ccccc2F)CC(=O)N1. The zero-order chi connectivity index (χ0) is 18.5. The van der Waals surface area contributed by atoms with Gasteiger partial charge >= 0.3 is 5.97 Å². The van der Waals surface area contributed by atoms with Gasteiger partial charge in [0.15, 0.2) is 0 Å². The van der Waals surface area contributed by atoms with E-state index >= 15 is 0 Å². The molecule has 0 saturated heterocycles. The molecular formula is C21H26FNO3. The highest BCUT2D eigenvalue weighted by atomic mass is 19.1. The molecule has 0 aromatic heterocycles. The van der Waals surface area contributed by atoms with E-state index in [1.54, 1.807) is 25.1 Å². The van der Waals surface area contributed by atoms with Crippen molar-refractivity contribution in [2.75, 3.05) is 0 Å². The average Bonchev–Trinajstić information content (AvgIpc) is 2.56. The van der Waals surface area contributed by atoms with Crippen LogP contribution in [0.4, 0.5) is 4.39 Å². The van der Waals surface area contributed by atoms with Gasteiger partial charge in [-0.1, -0.05) is 37.5 Å². The molecule has 0 unspecified atom stereocenters. The van der Waals surface area contributed by atoms with Crippen LogP contribution >= 0.6 is 0 Å². The van der Waals surface area contributed by atoms with Crippen LogP contribution in [0.3, 0.4) is 0 Å². The van der Waals surface area contributed by atoms with Gasteiger partial charge in [0.25, 0.3) is 0 Å². The fourth-order valence-corrected chi connectivity index (χ4v) is 3.95. The van der Waals surface area contributed by atoms with Gasteiger partial charge in [0.05, 0.1) is 5.57 Å². The van der Waals surface area contributed by atoms with Crippen molar-refractivity contribution in [2.24, 2.45) is 0 Å². The molecule has 1 atom stereocenters. The minimum absolute atomic E-state index is 0.0490. The number of allylic oxidation sites excluding steroid dienone is 1. The largest absolute Gasteiger partial charge is 0.459 e. The third kappa shape index (κ3) is 4.32. The van der Waals surface area contributed by atoms with E-state index < -0.39 is 17.7 Å². The van der Waals surface area contributed by atoms with Gasteiger partial charge in [0, 0.05) is 18.0 Å². The zero-order valence-electron chi connectivity index (χ0n) is 15.2. The number of hydrogen-bond acceptors (Lipinski definition) is 3. The number of hydrogen-bond donors (Lipinski definition) is 1. The zero-order valence-corrected chi connectivity index (χ0v) is 15.2. The highest BCUT2D eigenvalue weighted by molar-refractivity contribution is 5.95. The van der Waals surface area contributed by atoms with E-state index in [-0.39, 0.29) is 18.4 Å². The predicted molar refractivity (Wildman–Crippen MR) is 96.8 cm³/mol. The lowest BCUT2D eigenvalue weighted by atomic mass is 9.84. The summed E-state index contributed by atoms with van der Waals surface area (Å²) in [6, 6.07) is 6.31. The Morgan fingerprint density at radius 2 is 1.77 bits per heavy atom. The Kier molecular flexibility index (Phi) is 6.07. The van der Waals surface area contributed by atoms with Crippen molar-refractivity contribution < 1.29 is 18.7 Å². The first-order valence-electron chi connectivity index (χ1n) is 9.52. The monoisotopic (exact) mass is 359 g/mol. The second kappa shape index (κ2) is 8.47. The maximum atomic E-state index is 14.3. The van der Waals surface area contributed by atoms with Crippen molar-refractivity contribution in [1.82, 2.24) is 5.32 Å². The van der Waals surface area contributed by atoms with Crippen LogP contribution in [0.2, 0.25) is 0 Å². The smallest absolute Gasteiger partial charge is 0.336 e. The summed E-state index contributed by atoms with van der Waals surface area (Å²) in [6.45, 7) is 1.68. The highest BCUT2D eigenvalue weighted by Gasteiger charge is 2.35. The van der Waals surface area contributed by atoms with Crippen LogP contribution in [0.1, 0.15) is 69.8 Å². The Labute approximate surface area is 153 Å². The van der Waals surface area contributed by atoms with E-state index in [1.807, 2.05) is 0 Å². The summed E-state index contributed by atoms with van der Waals surface area (Å²) in [5.41, 5.74) is 1.20. The predicted octanol–water partition coefficient (Wildman–Crippen LogP) is 4.36. The Balaban J connectivity index is 1.83. The molecule has 1 aliphatic heterocycles. The lowest BCUT2D eigenvalue weighted by molar-refractivity contribution is -0.145. The molecule has 4 nitrogen and oxygen atoms in total. The molecule has 0 radical (unpaired) electrons. The van der Waals surface area contributed by atoms with Gasteiger partial charge < -0.3 is 10.1 Å². The Bertz CT molecular complexity index is 705. The number of halogens is 1. The van der Waals surface area contributed by atoms with Crippen molar-refractivity contribution in [2.45, 2.75) is 70.3 Å². The Morgan fingerprint density at radius 3 is 2.46 bits per heavy atom. The molecule has 1 heterocycles. The van der Waals surface area contributed by atoms with Gasteiger partial charge in [-0.15, -0.1) is 0 Å². The molecule has 0 bridgehead atoms. The van der Waals surface area contributed by atoms with Gasteiger partial charge in [0.1, 0.15) is 11.9 Å². The second-order valence-electron chi connectivity index (χ2n) is 7.24. The fourth-order valence-electron chi connectivity index (χ4n) is 3.95. The van der Waals surface area contributed by atoms with Crippen molar-refractivity contribution in [3.63, 3.8) is 0 Å². The lowest BCUT2D eigenvalue weighted by Gasteiger charge is -2.28. The summed E-state index contributed by atoms with van der Waals surface area (Å²) in [5.74, 6) is -1.65. The summed E-state index contributed by atoms with van der Waals surface area (Å²) in [7, 11) is 0. The van der Waals surface area contributed by atoms with Crippen LogP contribution in [0, 0.1) is 5.82 Å². The summed E-state index contributed by atoms with van der Waals surface area (Å²) < 4.78 is 20.1. The van der Waals surface area contributed by atoms with E-state index in [0.717, 1.165) is 25.7 Å². The van der Waals surface area contributed by atoms with Crippen LogP contribution in [-0.4, -0.2) is 18.0 Å². The summed E-state index contributed by atoms with van der Waals surface area (Å²) in [4.78, 5) is 24.9. The standard InChI is InChI=1S/C21H26FNO3/c1-14-20(21(25)26-15-9-5-3-2-4-6-10-15)17(13-19(24)23-14)16-11-7-8-12-18(16)22/h7-8,11-12,15,17H,2-6,9-10,13H2,1H3,(H,23,24)/t17-/m0/s1. The number of carbonyl (C=O) groups excluding carboxylic acids is 2. The molecule has 3 rings (SSSR count). The van der Waals surface area contributed by atoms with Gasteiger partial charge in [-0.05, 0) is 44.2 Å². The van der Waals surface area contributed by atoms with Gasteiger partial charge in [-0.3, -0.25) is 4.79 Å². The minimum Gasteiger partial charge on any atom is -0.459 e. The summed E-state index contributed by atoms with van der Waals surface area (Å²) in [6.07, 6.45) is 7.39. The Morgan fingerprint density at radius 1 is 1.12 bits per heavy atom. The third-order valence-corrected chi connectivity index (χ3v) is 5.30. The van der Waals surface area contributed by atoms with E-state index in [4.69, 9.17) is 4.74 Å². The van der Waals surface area contributed by atoms with Crippen molar-refractivity contribution in [1.29, 1.82) is 0 Å². The highest BCUT2D eigenvalue weighted by Crippen LogP contribution is 2.35. The maximum Gasteiger partial charge on any atom is 0.336 e. The second-order valence-corrected chi connectivity index (χ2v) is 7.24. The number of benzene rings is 1. The van der Waals surface area contributed by atoms with Crippen LogP contribution in [0.15, 0.2) is 35.5 Å². The number of nitrogens with one attached hydrogen (secondary N) is 1. The number of rotatable bonds is 3. The topological polar surface area (TPSA) is 55.4 Å².